The van der Waals surface area contributed by atoms with Crippen LogP contribution in [0.25, 0.3) is 0 Å². The first-order valence-electron chi connectivity index (χ1n) is 7.08. The lowest BCUT2D eigenvalue weighted by Gasteiger charge is -2.42. The molecule has 0 saturated carbocycles. The first-order chi connectivity index (χ1) is 10.1. The van der Waals surface area contributed by atoms with Gasteiger partial charge in [0.25, 0.3) is 0 Å². The Labute approximate surface area is 131 Å². The van der Waals surface area contributed by atoms with Gasteiger partial charge in [0.1, 0.15) is 18.4 Å². The summed E-state index contributed by atoms with van der Waals surface area (Å²) in [4.78, 5) is 28.0. The number of rotatable bonds is 2. The summed E-state index contributed by atoms with van der Waals surface area (Å²) in [6.45, 7) is 1.12. The molecular weight excluding hydrogens is 339 g/mol. The van der Waals surface area contributed by atoms with Gasteiger partial charge in [0.2, 0.25) is 11.8 Å². The molecular formula is C15H16BrFN2O2. The number of halogens is 2. The molecule has 0 spiro atoms. The molecule has 0 radical (unpaired) electrons. The van der Waals surface area contributed by atoms with Gasteiger partial charge in [-0.3, -0.25) is 9.59 Å². The lowest BCUT2D eigenvalue weighted by molar-refractivity contribution is -0.158. The largest absolute Gasteiger partial charge is 0.329 e. The van der Waals surface area contributed by atoms with Gasteiger partial charge >= 0.3 is 0 Å². The quantitative estimate of drug-likeness (QED) is 0.817. The Morgan fingerprint density at radius 2 is 2.10 bits per heavy atom. The van der Waals surface area contributed by atoms with Crippen molar-refractivity contribution in [3.05, 3.63) is 34.1 Å². The molecule has 4 nitrogen and oxygen atoms in total. The van der Waals surface area contributed by atoms with Gasteiger partial charge in [0.15, 0.2) is 0 Å². The van der Waals surface area contributed by atoms with Crippen molar-refractivity contribution in [2.75, 3.05) is 13.1 Å². The molecule has 1 unspecified atom stereocenters. The predicted molar refractivity (Wildman–Crippen MR) is 78.9 cm³/mol. The van der Waals surface area contributed by atoms with Crippen molar-refractivity contribution in [2.45, 2.75) is 31.8 Å². The standard InChI is InChI=1S/C15H16BrFN2O2/c16-12-7-11(17)5-4-10(12)8-18-9-14(20)19-6-2-1-3-13(19)15(18)21/h4-5,7,13H,1-3,6,8-9H2. The Balaban J connectivity index is 1.79. The molecule has 2 heterocycles. The summed E-state index contributed by atoms with van der Waals surface area (Å²) in [6, 6.07) is 4.07. The molecule has 1 atom stereocenters. The molecule has 112 valence electrons. The monoisotopic (exact) mass is 354 g/mol. The average molecular weight is 355 g/mol. The van der Waals surface area contributed by atoms with Crippen molar-refractivity contribution in [1.29, 1.82) is 0 Å². The Hall–Kier alpha value is -1.43. The molecule has 0 aliphatic carbocycles. The van der Waals surface area contributed by atoms with Gasteiger partial charge in [-0.15, -0.1) is 0 Å². The Morgan fingerprint density at radius 3 is 2.86 bits per heavy atom. The topological polar surface area (TPSA) is 40.6 Å². The highest BCUT2D eigenvalue weighted by Crippen LogP contribution is 2.26. The SMILES string of the molecule is O=C1C2CCCCN2C(=O)CN1Cc1ccc(F)cc1Br. The molecule has 6 heteroatoms. The summed E-state index contributed by atoms with van der Waals surface area (Å²) in [5.74, 6) is -0.312. The third kappa shape index (κ3) is 2.81. The highest BCUT2D eigenvalue weighted by Gasteiger charge is 2.40. The number of carbonyl (C=O) groups is 2. The van der Waals surface area contributed by atoms with E-state index in [2.05, 4.69) is 15.9 Å². The van der Waals surface area contributed by atoms with E-state index in [0.29, 0.717) is 17.6 Å². The first-order valence-corrected chi connectivity index (χ1v) is 7.88. The maximum absolute atomic E-state index is 13.1. The van der Waals surface area contributed by atoms with E-state index < -0.39 is 0 Å². The number of hydrogen-bond donors (Lipinski definition) is 0. The highest BCUT2D eigenvalue weighted by atomic mass is 79.9. The second-order valence-corrected chi connectivity index (χ2v) is 6.38. The van der Waals surface area contributed by atoms with E-state index >= 15 is 0 Å². The molecule has 2 fully saturated rings. The number of hydrogen-bond acceptors (Lipinski definition) is 2. The number of benzene rings is 1. The molecule has 0 N–H and O–H groups in total. The van der Waals surface area contributed by atoms with Crippen molar-refractivity contribution in [3.8, 4) is 0 Å². The zero-order valence-corrected chi connectivity index (χ0v) is 13.1. The lowest BCUT2D eigenvalue weighted by atomic mass is 9.98. The fourth-order valence-corrected chi connectivity index (χ4v) is 3.50. The van der Waals surface area contributed by atoms with Crippen LogP contribution in [0.3, 0.4) is 0 Å². The molecule has 2 aliphatic rings. The van der Waals surface area contributed by atoms with E-state index in [1.807, 2.05) is 0 Å². The van der Waals surface area contributed by atoms with Crippen molar-refractivity contribution >= 4 is 27.7 Å². The van der Waals surface area contributed by atoms with E-state index in [9.17, 15) is 14.0 Å². The van der Waals surface area contributed by atoms with Crippen LogP contribution in [0.2, 0.25) is 0 Å². The third-order valence-corrected chi connectivity index (χ3v) is 4.86. The van der Waals surface area contributed by atoms with Crippen molar-refractivity contribution in [3.63, 3.8) is 0 Å². The van der Waals surface area contributed by atoms with Crippen LogP contribution in [-0.4, -0.2) is 40.7 Å². The Kier molecular flexibility index (Phi) is 3.97. The number of carbonyl (C=O) groups excluding carboxylic acids is 2. The number of amides is 2. The van der Waals surface area contributed by atoms with Crippen LogP contribution in [0.5, 0.6) is 0 Å². The predicted octanol–water partition coefficient (Wildman–Crippen LogP) is 2.31. The molecule has 0 aromatic heterocycles. The second kappa shape index (κ2) is 5.75. The zero-order valence-electron chi connectivity index (χ0n) is 11.5. The zero-order chi connectivity index (χ0) is 15.0. The molecule has 3 rings (SSSR count). The molecule has 0 bridgehead atoms. The fourth-order valence-electron chi connectivity index (χ4n) is 3.02. The highest BCUT2D eigenvalue weighted by molar-refractivity contribution is 9.10. The molecule has 2 saturated heterocycles. The summed E-state index contributed by atoms with van der Waals surface area (Å²) in [6.07, 6.45) is 2.69. The molecule has 21 heavy (non-hydrogen) atoms. The smallest absolute Gasteiger partial charge is 0.246 e. The maximum Gasteiger partial charge on any atom is 0.246 e. The molecule has 2 amide bonds. The van der Waals surface area contributed by atoms with Gasteiger partial charge < -0.3 is 9.80 Å². The van der Waals surface area contributed by atoms with Crippen LogP contribution >= 0.6 is 15.9 Å². The van der Waals surface area contributed by atoms with Crippen LogP contribution in [0.4, 0.5) is 4.39 Å². The summed E-state index contributed by atoms with van der Waals surface area (Å²) in [7, 11) is 0. The summed E-state index contributed by atoms with van der Waals surface area (Å²) in [5, 5.41) is 0. The van der Waals surface area contributed by atoms with Crippen LogP contribution in [0, 0.1) is 5.82 Å². The van der Waals surface area contributed by atoms with Gasteiger partial charge in [-0.25, -0.2) is 4.39 Å². The van der Waals surface area contributed by atoms with Gasteiger partial charge in [-0.2, -0.15) is 0 Å². The van der Waals surface area contributed by atoms with Crippen LogP contribution in [0.15, 0.2) is 22.7 Å². The van der Waals surface area contributed by atoms with Crippen LogP contribution < -0.4 is 0 Å². The summed E-state index contributed by atoms with van der Waals surface area (Å²) in [5.41, 5.74) is 0.807. The van der Waals surface area contributed by atoms with E-state index in [0.717, 1.165) is 24.8 Å². The van der Waals surface area contributed by atoms with Crippen LogP contribution in [0.1, 0.15) is 24.8 Å². The first kappa shape index (κ1) is 14.5. The minimum atomic E-state index is -0.329. The lowest BCUT2D eigenvalue weighted by Crippen LogP contribution is -2.60. The fraction of sp³-hybridized carbons (Fsp3) is 0.467. The van der Waals surface area contributed by atoms with E-state index in [4.69, 9.17) is 0 Å². The molecule has 1 aromatic carbocycles. The number of piperazine rings is 1. The van der Waals surface area contributed by atoms with Gasteiger partial charge in [-0.1, -0.05) is 22.0 Å². The molecule has 2 aliphatic heterocycles. The van der Waals surface area contributed by atoms with Gasteiger partial charge in [0, 0.05) is 17.6 Å². The van der Waals surface area contributed by atoms with Crippen molar-refractivity contribution in [2.24, 2.45) is 0 Å². The van der Waals surface area contributed by atoms with E-state index in [1.165, 1.54) is 12.1 Å². The normalized spacial score (nSPS) is 22.5. The maximum atomic E-state index is 13.1. The third-order valence-electron chi connectivity index (χ3n) is 4.12. The average Bonchev–Trinajstić information content (AvgIpc) is 2.47. The number of piperidine rings is 1. The number of fused-ring (bicyclic) bond motifs is 1. The molecule has 1 aromatic rings. The minimum absolute atomic E-state index is 0.00512. The van der Waals surface area contributed by atoms with Gasteiger partial charge in [-0.05, 0) is 37.0 Å². The summed E-state index contributed by atoms with van der Waals surface area (Å²) < 4.78 is 13.7. The van der Waals surface area contributed by atoms with E-state index in [-0.39, 0.29) is 30.2 Å². The number of nitrogens with zero attached hydrogens (tertiary/aromatic N) is 2. The summed E-state index contributed by atoms with van der Waals surface area (Å²) >= 11 is 3.30. The minimum Gasteiger partial charge on any atom is -0.329 e. The van der Waals surface area contributed by atoms with Crippen molar-refractivity contribution < 1.29 is 14.0 Å². The van der Waals surface area contributed by atoms with Crippen molar-refractivity contribution in [1.82, 2.24) is 9.80 Å². The Morgan fingerprint density at radius 1 is 1.29 bits per heavy atom. The van der Waals surface area contributed by atoms with Gasteiger partial charge in [0.05, 0.1) is 0 Å². The second-order valence-electron chi connectivity index (χ2n) is 5.53. The van der Waals surface area contributed by atoms with E-state index in [1.54, 1.807) is 15.9 Å². The Bertz CT molecular complexity index is 593. The van der Waals surface area contributed by atoms with Crippen LogP contribution in [-0.2, 0) is 16.1 Å².